The van der Waals surface area contributed by atoms with Crippen molar-refractivity contribution in [1.82, 2.24) is 10.5 Å². The second kappa shape index (κ2) is 8.39. The Morgan fingerprint density at radius 3 is 2.73 bits per heavy atom. The predicted molar refractivity (Wildman–Crippen MR) is 100 cm³/mol. The smallest absolute Gasteiger partial charge is 0.217 e. The Kier molecular flexibility index (Phi) is 5.96. The lowest BCUT2D eigenvalue weighted by molar-refractivity contribution is -0.119. The van der Waals surface area contributed by atoms with Crippen LogP contribution in [0.15, 0.2) is 34.9 Å². The summed E-state index contributed by atoms with van der Waals surface area (Å²) in [7, 11) is 0. The number of aromatic nitrogens is 1. The van der Waals surface area contributed by atoms with Crippen molar-refractivity contribution < 1.29 is 14.1 Å². The molecule has 5 heteroatoms. The monoisotopic (exact) mass is 356 g/mol. The second-order valence-corrected chi connectivity index (χ2v) is 7.32. The van der Waals surface area contributed by atoms with Gasteiger partial charge in [-0.15, -0.1) is 0 Å². The number of ether oxygens (including phenoxy) is 1. The summed E-state index contributed by atoms with van der Waals surface area (Å²) in [6.45, 7) is 6.34. The van der Waals surface area contributed by atoms with Crippen molar-refractivity contribution in [2.24, 2.45) is 5.92 Å². The zero-order chi connectivity index (χ0) is 18.5. The summed E-state index contributed by atoms with van der Waals surface area (Å²) in [5, 5.41) is 6.99. The summed E-state index contributed by atoms with van der Waals surface area (Å²) in [6.07, 6.45) is 4.41. The van der Waals surface area contributed by atoms with E-state index in [2.05, 4.69) is 41.7 Å². The van der Waals surface area contributed by atoms with E-state index in [-0.39, 0.29) is 11.9 Å². The molecule has 1 aromatic carbocycles. The number of benzene rings is 1. The van der Waals surface area contributed by atoms with E-state index in [1.165, 1.54) is 12.5 Å². The van der Waals surface area contributed by atoms with Gasteiger partial charge in [0.1, 0.15) is 5.75 Å². The van der Waals surface area contributed by atoms with E-state index in [0.29, 0.717) is 17.6 Å². The third kappa shape index (κ3) is 4.65. The van der Waals surface area contributed by atoms with Crippen LogP contribution in [0.2, 0.25) is 0 Å². The van der Waals surface area contributed by atoms with Gasteiger partial charge >= 0.3 is 0 Å². The molecule has 0 spiro atoms. The van der Waals surface area contributed by atoms with E-state index in [4.69, 9.17) is 9.26 Å². The quantitative estimate of drug-likeness (QED) is 0.761. The minimum absolute atomic E-state index is 0.0703. The number of aryl methyl sites for hydroxylation is 1. The molecule has 140 valence electrons. The third-order valence-corrected chi connectivity index (χ3v) is 4.99. The van der Waals surface area contributed by atoms with Crippen molar-refractivity contribution in [2.45, 2.75) is 58.4 Å². The van der Waals surface area contributed by atoms with Gasteiger partial charge in [0.2, 0.25) is 5.91 Å². The maximum Gasteiger partial charge on any atom is 0.217 e. The zero-order valence-electron chi connectivity index (χ0n) is 15.8. The van der Waals surface area contributed by atoms with Crippen molar-refractivity contribution in [1.29, 1.82) is 0 Å². The Balaban J connectivity index is 1.43. The van der Waals surface area contributed by atoms with E-state index >= 15 is 0 Å². The molecule has 26 heavy (non-hydrogen) atoms. The number of hydrogen-bond acceptors (Lipinski definition) is 4. The first-order valence-corrected chi connectivity index (χ1v) is 9.50. The van der Waals surface area contributed by atoms with Crippen LogP contribution in [-0.4, -0.2) is 17.7 Å². The Labute approximate surface area is 155 Å². The first-order valence-electron chi connectivity index (χ1n) is 9.50. The topological polar surface area (TPSA) is 64.4 Å². The van der Waals surface area contributed by atoms with Crippen molar-refractivity contribution in [3.8, 4) is 5.75 Å². The van der Waals surface area contributed by atoms with Gasteiger partial charge in [0.25, 0.3) is 0 Å². The zero-order valence-corrected chi connectivity index (χ0v) is 15.8. The summed E-state index contributed by atoms with van der Waals surface area (Å²) in [4.78, 5) is 11.1. The van der Waals surface area contributed by atoms with Gasteiger partial charge in [-0.2, -0.15) is 0 Å². The Bertz CT molecular complexity index is 717. The Morgan fingerprint density at radius 2 is 2.08 bits per heavy atom. The molecule has 0 bridgehead atoms. The first kappa shape index (κ1) is 18.5. The number of nitrogens with zero attached hydrogens (tertiary/aromatic N) is 1. The molecule has 5 nitrogen and oxygen atoms in total. The highest BCUT2D eigenvalue weighted by Crippen LogP contribution is 2.41. The molecular formula is C21H28N2O3. The lowest BCUT2D eigenvalue weighted by atomic mass is 9.73. The molecule has 1 amide bonds. The largest absolute Gasteiger partial charge is 0.493 e. The van der Waals surface area contributed by atoms with Crippen LogP contribution in [0.5, 0.6) is 5.75 Å². The number of nitrogens with one attached hydrogen (secondary N) is 1. The van der Waals surface area contributed by atoms with Crippen LogP contribution in [0.1, 0.15) is 69.0 Å². The van der Waals surface area contributed by atoms with Gasteiger partial charge in [0.15, 0.2) is 5.76 Å². The van der Waals surface area contributed by atoms with Crippen LogP contribution >= 0.6 is 0 Å². The van der Waals surface area contributed by atoms with Crippen molar-refractivity contribution in [2.75, 3.05) is 6.61 Å². The molecule has 2 aromatic rings. The van der Waals surface area contributed by atoms with Gasteiger partial charge < -0.3 is 14.6 Å². The Morgan fingerprint density at radius 1 is 1.35 bits per heavy atom. The number of amides is 1. The van der Waals surface area contributed by atoms with E-state index < -0.39 is 0 Å². The third-order valence-electron chi connectivity index (χ3n) is 4.99. The van der Waals surface area contributed by atoms with Crippen molar-refractivity contribution in [3.63, 3.8) is 0 Å². The van der Waals surface area contributed by atoms with Gasteiger partial charge in [0.05, 0.1) is 18.3 Å². The highest BCUT2D eigenvalue weighted by atomic mass is 16.5. The molecule has 1 aliphatic carbocycles. The number of carbonyl (C=O) groups excluding carboxylic acids is 1. The minimum Gasteiger partial charge on any atom is -0.493 e. The molecule has 1 aromatic heterocycles. The van der Waals surface area contributed by atoms with Crippen LogP contribution in [0.4, 0.5) is 0 Å². The molecule has 1 heterocycles. The van der Waals surface area contributed by atoms with Gasteiger partial charge in [-0.25, -0.2) is 0 Å². The van der Waals surface area contributed by atoms with E-state index in [1.807, 2.05) is 13.0 Å². The summed E-state index contributed by atoms with van der Waals surface area (Å²) in [5.74, 6) is 2.57. The molecule has 1 N–H and O–H groups in total. The average Bonchev–Trinajstić information content (AvgIpc) is 3.04. The van der Waals surface area contributed by atoms with Crippen LogP contribution < -0.4 is 10.1 Å². The molecule has 0 unspecified atom stereocenters. The minimum atomic E-state index is -0.149. The van der Waals surface area contributed by atoms with Crippen LogP contribution in [0.25, 0.3) is 0 Å². The molecule has 1 atom stereocenters. The first-order chi connectivity index (χ1) is 12.5. The number of hydrogen-bond donors (Lipinski definition) is 1. The molecule has 3 rings (SSSR count). The van der Waals surface area contributed by atoms with E-state index in [9.17, 15) is 4.79 Å². The summed E-state index contributed by atoms with van der Waals surface area (Å²) < 4.78 is 11.3. The second-order valence-electron chi connectivity index (χ2n) is 7.32. The number of carbonyl (C=O) groups is 1. The van der Waals surface area contributed by atoms with Crippen molar-refractivity contribution in [3.05, 3.63) is 47.3 Å². The summed E-state index contributed by atoms with van der Waals surface area (Å²) in [5.41, 5.74) is 2.34. The molecular weight excluding hydrogens is 328 g/mol. The summed E-state index contributed by atoms with van der Waals surface area (Å²) >= 11 is 0. The molecule has 1 fully saturated rings. The summed E-state index contributed by atoms with van der Waals surface area (Å²) in [6, 6.07) is 10.2. The predicted octanol–water partition coefficient (Wildman–Crippen LogP) is 4.40. The standard InChI is InChI=1S/C21H28N2O3/c1-4-5-16-6-8-19(9-7-16)25-13-17-10-18(11-17)20-12-21(26-23-20)14(2)22-15(3)24/h6-9,12,14,17-18H,4-5,10-11,13H2,1-3H3,(H,22,24)/t14-,17?,18?/m0/s1. The van der Waals surface area contributed by atoms with Gasteiger partial charge in [-0.05, 0) is 49.8 Å². The maximum atomic E-state index is 11.1. The normalized spacial score (nSPS) is 20.3. The molecule has 0 saturated heterocycles. The highest BCUT2D eigenvalue weighted by Gasteiger charge is 2.33. The van der Waals surface area contributed by atoms with Gasteiger partial charge in [0, 0.05) is 18.9 Å². The molecule has 0 radical (unpaired) electrons. The highest BCUT2D eigenvalue weighted by molar-refractivity contribution is 5.73. The lowest BCUT2D eigenvalue weighted by Crippen LogP contribution is -2.27. The van der Waals surface area contributed by atoms with E-state index in [1.54, 1.807) is 0 Å². The average molecular weight is 356 g/mol. The molecule has 1 saturated carbocycles. The van der Waals surface area contributed by atoms with E-state index in [0.717, 1.165) is 43.7 Å². The van der Waals surface area contributed by atoms with Gasteiger partial charge in [-0.3, -0.25) is 4.79 Å². The van der Waals surface area contributed by atoms with Crippen LogP contribution in [0, 0.1) is 5.92 Å². The van der Waals surface area contributed by atoms with Gasteiger partial charge in [-0.1, -0.05) is 30.6 Å². The van der Waals surface area contributed by atoms with Crippen molar-refractivity contribution >= 4 is 5.91 Å². The van der Waals surface area contributed by atoms with Crippen LogP contribution in [-0.2, 0) is 11.2 Å². The SMILES string of the molecule is CCCc1ccc(OCC2CC(c3cc([C@H](C)NC(C)=O)on3)C2)cc1. The maximum absolute atomic E-state index is 11.1. The number of rotatable bonds is 8. The fourth-order valence-electron chi connectivity index (χ4n) is 3.44. The molecule has 0 aliphatic heterocycles. The fraction of sp³-hybridized carbons (Fsp3) is 0.524. The Hall–Kier alpha value is -2.30. The van der Waals surface area contributed by atoms with Crippen LogP contribution in [0.3, 0.4) is 0 Å². The fourth-order valence-corrected chi connectivity index (χ4v) is 3.44. The lowest BCUT2D eigenvalue weighted by Gasteiger charge is -2.33. The molecule has 1 aliphatic rings.